The molecule has 6 nitrogen and oxygen atoms in total. The molecule has 0 saturated carbocycles. The topological polar surface area (TPSA) is 78.8 Å². The zero-order chi connectivity index (χ0) is 22.4. The number of hydrazone groups is 1. The fourth-order valence-corrected chi connectivity index (χ4v) is 4.10. The Hall–Kier alpha value is -2.87. The molecule has 0 bridgehead atoms. The summed E-state index contributed by atoms with van der Waals surface area (Å²) in [7, 11) is -3.47. The highest BCUT2D eigenvalue weighted by Gasteiger charge is 2.17. The third kappa shape index (κ3) is 6.30. The Balaban J connectivity index is 1.67. The largest absolute Gasteiger partial charge is 0.271 e. The van der Waals surface area contributed by atoms with Gasteiger partial charge in [0, 0.05) is 16.1 Å². The number of hydrogen-bond acceptors (Lipinski definition) is 4. The molecule has 0 heterocycles. The van der Waals surface area contributed by atoms with Crippen LogP contribution < -0.4 is 9.73 Å². The molecule has 3 rings (SSSR count). The lowest BCUT2D eigenvalue weighted by Crippen LogP contribution is -2.29. The number of nitrogens with one attached hydrogen (secondary N) is 1. The van der Waals surface area contributed by atoms with E-state index in [0.29, 0.717) is 26.9 Å². The van der Waals surface area contributed by atoms with Crippen molar-refractivity contribution in [2.24, 2.45) is 5.10 Å². The lowest BCUT2D eigenvalue weighted by Gasteiger charge is -2.22. The Labute approximate surface area is 191 Å². The second-order valence-corrected chi connectivity index (χ2v) is 9.42. The third-order valence-corrected chi connectivity index (χ3v) is 6.02. The number of sulfonamides is 1. The van der Waals surface area contributed by atoms with Crippen LogP contribution in [0.4, 0.5) is 5.69 Å². The van der Waals surface area contributed by atoms with Gasteiger partial charge >= 0.3 is 0 Å². The molecule has 160 valence electrons. The molecule has 0 unspecified atom stereocenters. The normalized spacial score (nSPS) is 11.5. The monoisotopic (exact) mass is 475 g/mol. The summed E-state index contributed by atoms with van der Waals surface area (Å²) in [5.74, 6) is -0.407. The Morgan fingerprint density at radius 1 is 1.03 bits per heavy atom. The van der Waals surface area contributed by atoms with Crippen LogP contribution in [0.3, 0.4) is 0 Å². The molecule has 1 N–H and O–H groups in total. The SMILES string of the molecule is CS(=O)(=O)N(Cc1ccc(C(=O)N/N=C/c2ccc(Cl)cc2Cl)cc1)c1ccccc1. The van der Waals surface area contributed by atoms with E-state index < -0.39 is 15.9 Å². The molecular weight excluding hydrogens is 457 g/mol. The van der Waals surface area contributed by atoms with Crippen molar-refractivity contribution >= 4 is 51.0 Å². The van der Waals surface area contributed by atoms with E-state index in [1.54, 1.807) is 66.7 Å². The number of rotatable bonds is 7. The quantitative estimate of drug-likeness (QED) is 0.396. The van der Waals surface area contributed by atoms with Crippen LogP contribution in [0.25, 0.3) is 0 Å². The van der Waals surface area contributed by atoms with Gasteiger partial charge in [-0.1, -0.05) is 59.6 Å². The molecule has 3 aromatic carbocycles. The van der Waals surface area contributed by atoms with E-state index in [0.717, 1.165) is 11.8 Å². The fourth-order valence-electron chi connectivity index (χ4n) is 2.75. The molecule has 0 atom stereocenters. The average Bonchev–Trinajstić information content (AvgIpc) is 2.73. The van der Waals surface area contributed by atoms with E-state index in [4.69, 9.17) is 23.2 Å². The van der Waals surface area contributed by atoms with Gasteiger partial charge in [-0.25, -0.2) is 13.8 Å². The summed E-state index contributed by atoms with van der Waals surface area (Å²) in [6, 6.07) is 20.4. The van der Waals surface area contributed by atoms with Gasteiger partial charge in [-0.2, -0.15) is 5.10 Å². The Bertz CT molecular complexity index is 1200. The minimum atomic E-state index is -3.47. The molecule has 0 aliphatic heterocycles. The van der Waals surface area contributed by atoms with Crippen LogP contribution >= 0.6 is 23.2 Å². The van der Waals surface area contributed by atoms with Gasteiger partial charge in [0.1, 0.15) is 0 Å². The first-order valence-electron chi connectivity index (χ1n) is 9.14. The molecule has 9 heteroatoms. The Morgan fingerprint density at radius 2 is 1.71 bits per heavy atom. The van der Waals surface area contributed by atoms with Gasteiger partial charge in [0.15, 0.2) is 0 Å². The summed E-state index contributed by atoms with van der Waals surface area (Å²) in [5, 5.41) is 4.84. The fraction of sp³-hybridized carbons (Fsp3) is 0.0909. The molecule has 0 spiro atoms. The maximum absolute atomic E-state index is 12.3. The molecule has 0 fully saturated rings. The maximum atomic E-state index is 12.3. The lowest BCUT2D eigenvalue weighted by atomic mass is 10.1. The van der Waals surface area contributed by atoms with Crippen molar-refractivity contribution in [2.75, 3.05) is 10.6 Å². The standard InChI is InChI=1S/C22H19Cl2N3O3S/c1-31(29,30)27(20-5-3-2-4-6-20)15-16-7-9-17(10-8-16)22(28)26-25-14-18-11-12-19(23)13-21(18)24/h2-14H,15H2,1H3,(H,26,28)/b25-14+. The van der Waals surface area contributed by atoms with Crippen LogP contribution in [0, 0.1) is 0 Å². The molecule has 1 amide bonds. The second-order valence-electron chi connectivity index (χ2n) is 6.67. The van der Waals surface area contributed by atoms with Crippen LogP contribution in [0.1, 0.15) is 21.5 Å². The molecule has 0 aliphatic rings. The summed E-state index contributed by atoms with van der Waals surface area (Å²) < 4.78 is 25.7. The zero-order valence-corrected chi connectivity index (χ0v) is 18.8. The summed E-state index contributed by atoms with van der Waals surface area (Å²) in [6.45, 7) is 0.151. The van der Waals surface area contributed by atoms with Gasteiger partial charge < -0.3 is 0 Å². The van der Waals surface area contributed by atoms with Crippen LogP contribution in [-0.2, 0) is 16.6 Å². The predicted octanol–water partition coefficient (Wildman–Crippen LogP) is 4.72. The minimum Gasteiger partial charge on any atom is -0.267 e. The van der Waals surface area contributed by atoms with Crippen LogP contribution in [0.5, 0.6) is 0 Å². The van der Waals surface area contributed by atoms with Gasteiger partial charge in [-0.3, -0.25) is 9.10 Å². The first-order valence-corrected chi connectivity index (χ1v) is 11.7. The summed E-state index contributed by atoms with van der Waals surface area (Å²) >= 11 is 11.9. The van der Waals surface area contributed by atoms with E-state index in [1.165, 1.54) is 10.5 Å². The third-order valence-electron chi connectivity index (χ3n) is 4.32. The zero-order valence-electron chi connectivity index (χ0n) is 16.5. The number of carbonyl (C=O) groups excluding carboxylic acids is 1. The summed E-state index contributed by atoms with van der Waals surface area (Å²) in [4.78, 5) is 12.3. The highest BCUT2D eigenvalue weighted by molar-refractivity contribution is 7.92. The Morgan fingerprint density at radius 3 is 2.32 bits per heavy atom. The van der Waals surface area contributed by atoms with Crippen molar-refractivity contribution in [1.29, 1.82) is 0 Å². The van der Waals surface area contributed by atoms with Crippen LogP contribution in [-0.4, -0.2) is 26.8 Å². The number of benzene rings is 3. The van der Waals surface area contributed by atoms with E-state index in [-0.39, 0.29) is 6.54 Å². The van der Waals surface area contributed by atoms with Crippen molar-refractivity contribution in [3.05, 3.63) is 99.5 Å². The number of anilines is 1. The van der Waals surface area contributed by atoms with E-state index in [9.17, 15) is 13.2 Å². The highest BCUT2D eigenvalue weighted by Crippen LogP contribution is 2.21. The average molecular weight is 476 g/mol. The molecule has 3 aromatic rings. The van der Waals surface area contributed by atoms with Crippen LogP contribution in [0.15, 0.2) is 77.9 Å². The maximum Gasteiger partial charge on any atom is 0.271 e. The number of carbonyl (C=O) groups is 1. The molecule has 0 saturated heterocycles. The molecular formula is C22H19Cl2N3O3S. The first kappa shape index (κ1) is 22.8. The van der Waals surface area contributed by atoms with Crippen molar-refractivity contribution in [3.8, 4) is 0 Å². The molecule has 0 radical (unpaired) electrons. The highest BCUT2D eigenvalue weighted by atomic mass is 35.5. The number of para-hydroxylation sites is 1. The predicted molar refractivity (Wildman–Crippen MR) is 125 cm³/mol. The van der Waals surface area contributed by atoms with Gasteiger partial charge in [-0.05, 0) is 42.0 Å². The first-order chi connectivity index (χ1) is 14.7. The smallest absolute Gasteiger partial charge is 0.267 e. The van der Waals surface area contributed by atoms with Crippen molar-refractivity contribution in [1.82, 2.24) is 5.43 Å². The summed E-state index contributed by atoms with van der Waals surface area (Å²) in [5.41, 5.74) is 4.74. The molecule has 0 aromatic heterocycles. The van der Waals surface area contributed by atoms with Crippen molar-refractivity contribution < 1.29 is 13.2 Å². The van der Waals surface area contributed by atoms with Crippen molar-refractivity contribution in [3.63, 3.8) is 0 Å². The van der Waals surface area contributed by atoms with E-state index >= 15 is 0 Å². The van der Waals surface area contributed by atoms with Gasteiger partial charge in [-0.15, -0.1) is 0 Å². The summed E-state index contributed by atoms with van der Waals surface area (Å²) in [6.07, 6.45) is 2.58. The molecule has 0 aliphatic carbocycles. The Kier molecular flexibility index (Phi) is 7.33. The van der Waals surface area contributed by atoms with Gasteiger partial charge in [0.05, 0.1) is 29.7 Å². The van der Waals surface area contributed by atoms with E-state index in [2.05, 4.69) is 10.5 Å². The van der Waals surface area contributed by atoms with Gasteiger partial charge in [0.2, 0.25) is 10.0 Å². The van der Waals surface area contributed by atoms with Gasteiger partial charge in [0.25, 0.3) is 5.91 Å². The minimum absolute atomic E-state index is 0.151. The van der Waals surface area contributed by atoms with Crippen LogP contribution in [0.2, 0.25) is 10.0 Å². The number of halogens is 2. The van der Waals surface area contributed by atoms with E-state index in [1.807, 2.05) is 6.07 Å². The lowest BCUT2D eigenvalue weighted by molar-refractivity contribution is 0.0955. The number of nitrogens with zero attached hydrogens (tertiary/aromatic N) is 2. The molecule has 31 heavy (non-hydrogen) atoms. The van der Waals surface area contributed by atoms with Crippen molar-refractivity contribution in [2.45, 2.75) is 6.54 Å². The number of amides is 1. The second kappa shape index (κ2) is 9.96. The number of hydrogen-bond donors (Lipinski definition) is 1.